The summed E-state index contributed by atoms with van der Waals surface area (Å²) in [6.45, 7) is 1.87. The molecule has 0 radical (unpaired) electrons. The van der Waals surface area contributed by atoms with Crippen molar-refractivity contribution in [3.05, 3.63) is 45.7 Å². The molecule has 0 aliphatic heterocycles. The topological polar surface area (TPSA) is 17.8 Å². The Labute approximate surface area is 112 Å². The SMILES string of the molecule is Cc1nn(-c2cccc(Cl)c2CBr)cc1Cl. The lowest BCUT2D eigenvalue weighted by Gasteiger charge is -2.08. The average Bonchev–Trinajstić information content (AvgIpc) is 2.59. The minimum absolute atomic E-state index is 0.653. The van der Waals surface area contributed by atoms with Crippen LogP contribution in [0.25, 0.3) is 5.69 Å². The Hall–Kier alpha value is -0.510. The molecule has 0 saturated heterocycles. The molecule has 1 aromatic carbocycles. The predicted molar refractivity (Wildman–Crippen MR) is 71.0 cm³/mol. The van der Waals surface area contributed by atoms with Gasteiger partial charge in [0.15, 0.2) is 0 Å². The molecule has 0 aliphatic rings. The summed E-state index contributed by atoms with van der Waals surface area (Å²) in [4.78, 5) is 0. The highest BCUT2D eigenvalue weighted by atomic mass is 79.9. The molecule has 0 saturated carbocycles. The van der Waals surface area contributed by atoms with Gasteiger partial charge < -0.3 is 0 Å². The molecule has 2 aromatic rings. The van der Waals surface area contributed by atoms with Crippen LogP contribution in [0.5, 0.6) is 0 Å². The van der Waals surface area contributed by atoms with Crippen molar-refractivity contribution in [2.75, 3.05) is 0 Å². The van der Waals surface area contributed by atoms with Crippen molar-refractivity contribution in [2.45, 2.75) is 12.3 Å². The van der Waals surface area contributed by atoms with Crippen LogP contribution < -0.4 is 0 Å². The van der Waals surface area contributed by atoms with Crippen LogP contribution in [-0.2, 0) is 5.33 Å². The van der Waals surface area contributed by atoms with Crippen molar-refractivity contribution < 1.29 is 0 Å². The third kappa shape index (κ3) is 2.12. The van der Waals surface area contributed by atoms with E-state index in [4.69, 9.17) is 23.2 Å². The van der Waals surface area contributed by atoms with Crippen molar-refractivity contribution >= 4 is 39.1 Å². The van der Waals surface area contributed by atoms with E-state index in [9.17, 15) is 0 Å². The Bertz CT molecular complexity index is 503. The summed E-state index contributed by atoms with van der Waals surface area (Å²) in [6.07, 6.45) is 1.79. The van der Waals surface area contributed by atoms with Crippen LogP contribution in [-0.4, -0.2) is 9.78 Å². The fourth-order valence-electron chi connectivity index (χ4n) is 1.46. The lowest BCUT2D eigenvalue weighted by Crippen LogP contribution is -1.99. The van der Waals surface area contributed by atoms with Gasteiger partial charge in [0.05, 0.1) is 16.4 Å². The molecule has 0 aliphatic carbocycles. The van der Waals surface area contributed by atoms with Crippen molar-refractivity contribution in [1.29, 1.82) is 0 Å². The zero-order valence-corrected chi connectivity index (χ0v) is 11.6. The van der Waals surface area contributed by atoms with Crippen molar-refractivity contribution in [1.82, 2.24) is 9.78 Å². The highest BCUT2D eigenvalue weighted by Gasteiger charge is 2.10. The van der Waals surface area contributed by atoms with Crippen LogP contribution in [0.15, 0.2) is 24.4 Å². The van der Waals surface area contributed by atoms with Crippen LogP contribution in [0.2, 0.25) is 10.0 Å². The molecule has 1 heterocycles. The Balaban J connectivity index is 2.59. The van der Waals surface area contributed by atoms with Gasteiger partial charge in [0.25, 0.3) is 0 Å². The van der Waals surface area contributed by atoms with E-state index in [1.165, 1.54) is 0 Å². The van der Waals surface area contributed by atoms with E-state index in [0.29, 0.717) is 10.4 Å². The van der Waals surface area contributed by atoms with Gasteiger partial charge in [-0.2, -0.15) is 5.10 Å². The van der Waals surface area contributed by atoms with Crippen LogP contribution >= 0.6 is 39.1 Å². The lowest BCUT2D eigenvalue weighted by atomic mass is 10.2. The van der Waals surface area contributed by atoms with E-state index in [2.05, 4.69) is 21.0 Å². The van der Waals surface area contributed by atoms with Gasteiger partial charge in [-0.15, -0.1) is 0 Å². The Morgan fingerprint density at radius 1 is 1.31 bits per heavy atom. The number of benzene rings is 1. The summed E-state index contributed by atoms with van der Waals surface area (Å²) in [5.41, 5.74) is 2.75. The number of aromatic nitrogens is 2. The van der Waals surface area contributed by atoms with Crippen molar-refractivity contribution in [3.8, 4) is 5.69 Å². The van der Waals surface area contributed by atoms with Gasteiger partial charge in [-0.25, -0.2) is 4.68 Å². The molecule has 0 unspecified atom stereocenters. The monoisotopic (exact) mass is 318 g/mol. The zero-order valence-electron chi connectivity index (χ0n) is 8.54. The van der Waals surface area contributed by atoms with Crippen molar-refractivity contribution in [3.63, 3.8) is 0 Å². The van der Waals surface area contributed by atoms with Crippen LogP contribution in [0.3, 0.4) is 0 Å². The van der Waals surface area contributed by atoms with Gasteiger partial charge in [-0.05, 0) is 19.1 Å². The van der Waals surface area contributed by atoms with E-state index in [-0.39, 0.29) is 0 Å². The van der Waals surface area contributed by atoms with Gasteiger partial charge in [0.2, 0.25) is 0 Å². The molecule has 0 amide bonds. The van der Waals surface area contributed by atoms with Crippen LogP contribution in [0, 0.1) is 6.92 Å². The highest BCUT2D eigenvalue weighted by molar-refractivity contribution is 9.08. The first-order valence-electron chi connectivity index (χ1n) is 4.69. The molecular weight excluding hydrogens is 311 g/mol. The van der Waals surface area contributed by atoms with Gasteiger partial charge in [-0.1, -0.05) is 45.2 Å². The summed E-state index contributed by atoms with van der Waals surface area (Å²) < 4.78 is 1.75. The molecule has 0 fully saturated rings. The quantitative estimate of drug-likeness (QED) is 0.751. The second-order valence-corrected chi connectivity index (χ2v) is 4.75. The summed E-state index contributed by atoms with van der Waals surface area (Å²) in [5.74, 6) is 0. The smallest absolute Gasteiger partial charge is 0.0819 e. The van der Waals surface area contributed by atoms with Crippen LogP contribution in [0.4, 0.5) is 0 Å². The van der Waals surface area contributed by atoms with Gasteiger partial charge >= 0.3 is 0 Å². The molecule has 0 atom stereocenters. The number of rotatable bonds is 2. The fraction of sp³-hybridized carbons (Fsp3) is 0.182. The van der Waals surface area contributed by atoms with E-state index in [0.717, 1.165) is 22.0 Å². The maximum Gasteiger partial charge on any atom is 0.0819 e. The molecule has 0 N–H and O–H groups in total. The minimum Gasteiger partial charge on any atom is -0.239 e. The molecule has 5 heteroatoms. The molecule has 84 valence electrons. The molecule has 2 nitrogen and oxygen atoms in total. The molecule has 0 spiro atoms. The maximum absolute atomic E-state index is 6.12. The standard InChI is InChI=1S/C11H9BrCl2N2/c1-7-10(14)6-16(15-7)11-4-2-3-9(13)8(11)5-12/h2-4,6H,5H2,1H3. The van der Waals surface area contributed by atoms with Crippen LogP contribution in [0.1, 0.15) is 11.3 Å². The van der Waals surface area contributed by atoms with E-state index in [1.54, 1.807) is 10.9 Å². The number of halogens is 3. The highest BCUT2D eigenvalue weighted by Crippen LogP contribution is 2.26. The molecule has 1 aromatic heterocycles. The van der Waals surface area contributed by atoms with Gasteiger partial charge in [0, 0.05) is 22.1 Å². The van der Waals surface area contributed by atoms with Crippen molar-refractivity contribution in [2.24, 2.45) is 0 Å². The number of hydrogen-bond acceptors (Lipinski definition) is 1. The molecule has 0 bridgehead atoms. The third-order valence-corrected chi connectivity index (χ3v) is 3.60. The van der Waals surface area contributed by atoms with E-state index < -0.39 is 0 Å². The van der Waals surface area contributed by atoms with Gasteiger partial charge in [0.1, 0.15) is 0 Å². The third-order valence-electron chi connectivity index (χ3n) is 2.31. The number of nitrogens with zero attached hydrogens (tertiary/aromatic N) is 2. The Morgan fingerprint density at radius 3 is 2.62 bits per heavy atom. The first kappa shape index (κ1) is 12.0. The zero-order chi connectivity index (χ0) is 11.7. The van der Waals surface area contributed by atoms with E-state index in [1.807, 2.05) is 25.1 Å². The number of aryl methyl sites for hydroxylation is 1. The Morgan fingerprint density at radius 2 is 2.06 bits per heavy atom. The lowest BCUT2D eigenvalue weighted by molar-refractivity contribution is 0.855. The molecular formula is C11H9BrCl2N2. The fourth-order valence-corrected chi connectivity index (χ4v) is 2.57. The van der Waals surface area contributed by atoms with Gasteiger partial charge in [-0.3, -0.25) is 0 Å². The average molecular weight is 320 g/mol. The number of alkyl halides is 1. The Kier molecular flexibility index (Phi) is 3.57. The summed E-state index contributed by atoms with van der Waals surface area (Å²) in [6, 6.07) is 5.72. The second kappa shape index (κ2) is 4.78. The summed E-state index contributed by atoms with van der Waals surface area (Å²) in [5, 5.41) is 6.39. The number of hydrogen-bond donors (Lipinski definition) is 0. The predicted octanol–water partition coefficient (Wildman–Crippen LogP) is 4.38. The summed E-state index contributed by atoms with van der Waals surface area (Å²) >= 11 is 15.5. The molecule has 16 heavy (non-hydrogen) atoms. The normalized spacial score (nSPS) is 10.8. The van der Waals surface area contributed by atoms with E-state index >= 15 is 0 Å². The summed E-state index contributed by atoms with van der Waals surface area (Å²) in [7, 11) is 0. The minimum atomic E-state index is 0.653. The second-order valence-electron chi connectivity index (χ2n) is 3.38. The largest absolute Gasteiger partial charge is 0.239 e. The first-order valence-corrected chi connectivity index (χ1v) is 6.56. The molecule has 2 rings (SSSR count). The first-order chi connectivity index (χ1) is 7.63. The maximum atomic E-state index is 6.12.